The average Bonchev–Trinajstić information content (AvgIpc) is 2.74. The molecule has 5 rings (SSSR count). The van der Waals surface area contributed by atoms with E-state index in [-0.39, 0.29) is 0 Å². The molecule has 0 atom stereocenters. The van der Waals surface area contributed by atoms with E-state index in [1.807, 2.05) is 0 Å². The third-order valence-corrected chi connectivity index (χ3v) is 10.0. The first-order chi connectivity index (χ1) is 13.4. The molecule has 0 bridgehead atoms. The quantitative estimate of drug-likeness (QED) is 0.387. The van der Waals surface area contributed by atoms with E-state index in [0.29, 0.717) is 0 Å². The fraction of sp³-hybridized carbons (Fsp3) is 0. The van der Waals surface area contributed by atoms with Gasteiger partial charge in [0.2, 0.25) is 0 Å². The molecule has 0 saturated heterocycles. The Labute approximate surface area is 164 Å². The molecule has 0 nitrogen and oxygen atoms in total. The van der Waals surface area contributed by atoms with Crippen molar-refractivity contribution in [3.05, 3.63) is 115 Å². The maximum atomic E-state index is 2.40. The van der Waals surface area contributed by atoms with E-state index < -0.39 is 14.7 Å². The predicted octanol–water partition coefficient (Wildman–Crippen LogP) is 4.51. The Kier molecular flexibility index (Phi) is 4.28. The first kappa shape index (κ1) is 16.4. The Bertz CT molecular complexity index is 1150. The van der Waals surface area contributed by atoms with E-state index in [1.54, 1.807) is 0 Å². The number of rotatable bonds is 3. The Morgan fingerprint density at radius 3 is 1.30 bits per heavy atom. The molecule has 0 N–H and O–H groups in total. The van der Waals surface area contributed by atoms with Gasteiger partial charge in [0.15, 0.2) is 0 Å². The molecule has 0 amide bonds. The number of hydrogen-bond donors (Lipinski definition) is 0. The van der Waals surface area contributed by atoms with Gasteiger partial charge in [0.1, 0.15) is 0 Å². The maximum absolute atomic E-state index is 2.40. The van der Waals surface area contributed by atoms with E-state index >= 15 is 0 Å². The van der Waals surface area contributed by atoms with E-state index in [2.05, 4.69) is 115 Å². The van der Waals surface area contributed by atoms with Gasteiger partial charge in [0, 0.05) is 0 Å². The third kappa shape index (κ3) is 3.18. The van der Waals surface area contributed by atoms with Crippen molar-refractivity contribution in [2.75, 3.05) is 0 Å². The van der Waals surface area contributed by atoms with Gasteiger partial charge >= 0.3 is 165 Å². The second-order valence-electron chi connectivity index (χ2n) is 6.73. The monoisotopic (exact) mass is 406 g/mol. The molecule has 0 aliphatic rings. The van der Waals surface area contributed by atoms with Crippen LogP contribution in [-0.4, -0.2) is 14.7 Å². The molecule has 0 aliphatic carbocycles. The fourth-order valence-corrected chi connectivity index (χ4v) is 8.58. The van der Waals surface area contributed by atoms with Gasteiger partial charge in [-0.3, -0.25) is 0 Å². The molecule has 0 unspecified atom stereocenters. The SMILES string of the molecule is c1ccc([As](c2ccc3ccccc3c2)c2ccc3ccccc3c2)cc1. The van der Waals surface area contributed by atoms with Crippen molar-refractivity contribution < 1.29 is 0 Å². The van der Waals surface area contributed by atoms with E-state index in [1.165, 1.54) is 34.6 Å². The zero-order valence-electron chi connectivity index (χ0n) is 14.9. The third-order valence-electron chi connectivity index (χ3n) is 5.00. The first-order valence-electron chi connectivity index (χ1n) is 9.21. The minimum atomic E-state index is -1.61. The van der Waals surface area contributed by atoms with Crippen molar-refractivity contribution >= 4 is 49.3 Å². The summed E-state index contributed by atoms with van der Waals surface area (Å²) in [6.07, 6.45) is 0. The summed E-state index contributed by atoms with van der Waals surface area (Å²) in [5, 5.41) is 5.26. The minimum absolute atomic E-state index is 1.31. The van der Waals surface area contributed by atoms with Crippen LogP contribution in [0.5, 0.6) is 0 Å². The number of benzene rings is 5. The van der Waals surface area contributed by atoms with Crippen LogP contribution < -0.4 is 13.1 Å². The van der Waals surface area contributed by atoms with Gasteiger partial charge in [0.25, 0.3) is 0 Å². The molecular weight excluding hydrogens is 387 g/mol. The Hall–Kier alpha value is -2.82. The molecule has 5 aromatic rings. The summed E-state index contributed by atoms with van der Waals surface area (Å²) < 4.78 is 4.42. The molecule has 1 heteroatoms. The van der Waals surface area contributed by atoms with Crippen LogP contribution in [0, 0.1) is 0 Å². The number of fused-ring (bicyclic) bond motifs is 2. The molecule has 0 aliphatic heterocycles. The summed E-state index contributed by atoms with van der Waals surface area (Å²) in [7, 11) is 0. The molecule has 0 spiro atoms. The standard InChI is InChI=1S/C26H19As/c1-2-12-24(13-3-1)27(25-16-14-20-8-4-6-10-22(20)18-25)26-17-15-21-9-5-7-11-23(21)19-26/h1-19H. The van der Waals surface area contributed by atoms with Crippen LogP contribution in [0.15, 0.2) is 115 Å². The predicted molar refractivity (Wildman–Crippen MR) is 119 cm³/mol. The summed E-state index contributed by atoms with van der Waals surface area (Å²) >= 11 is -1.61. The molecule has 0 fully saturated rings. The van der Waals surface area contributed by atoms with Gasteiger partial charge in [-0.05, 0) is 0 Å². The first-order valence-corrected chi connectivity index (χ1v) is 12.0. The fourth-order valence-electron chi connectivity index (χ4n) is 3.66. The van der Waals surface area contributed by atoms with Gasteiger partial charge in [0.05, 0.1) is 0 Å². The summed E-state index contributed by atoms with van der Waals surface area (Å²) in [5.41, 5.74) is 0. The van der Waals surface area contributed by atoms with Crippen LogP contribution in [0.2, 0.25) is 0 Å². The van der Waals surface area contributed by atoms with E-state index in [9.17, 15) is 0 Å². The van der Waals surface area contributed by atoms with Crippen LogP contribution in [-0.2, 0) is 0 Å². The van der Waals surface area contributed by atoms with Gasteiger partial charge in [-0.2, -0.15) is 0 Å². The van der Waals surface area contributed by atoms with E-state index in [4.69, 9.17) is 0 Å². The van der Waals surface area contributed by atoms with Crippen LogP contribution >= 0.6 is 0 Å². The molecule has 0 saturated carbocycles. The molecule has 27 heavy (non-hydrogen) atoms. The van der Waals surface area contributed by atoms with Crippen molar-refractivity contribution in [2.24, 2.45) is 0 Å². The average molecular weight is 406 g/mol. The molecule has 128 valence electrons. The summed E-state index contributed by atoms with van der Waals surface area (Å²) in [6, 6.07) is 42.3. The Balaban J connectivity index is 1.72. The summed E-state index contributed by atoms with van der Waals surface area (Å²) in [6.45, 7) is 0. The number of hydrogen-bond acceptors (Lipinski definition) is 0. The molecule has 0 radical (unpaired) electrons. The summed E-state index contributed by atoms with van der Waals surface area (Å²) in [5.74, 6) is 0. The van der Waals surface area contributed by atoms with Crippen molar-refractivity contribution in [3.63, 3.8) is 0 Å². The second-order valence-corrected chi connectivity index (χ2v) is 11.4. The topological polar surface area (TPSA) is 0 Å². The van der Waals surface area contributed by atoms with Gasteiger partial charge in [-0.25, -0.2) is 0 Å². The van der Waals surface area contributed by atoms with Crippen molar-refractivity contribution in [1.82, 2.24) is 0 Å². The van der Waals surface area contributed by atoms with Crippen molar-refractivity contribution in [1.29, 1.82) is 0 Å². The normalized spacial score (nSPS) is 11.3. The van der Waals surface area contributed by atoms with Crippen LogP contribution in [0.1, 0.15) is 0 Å². The second kappa shape index (κ2) is 7.06. The summed E-state index contributed by atoms with van der Waals surface area (Å²) in [4.78, 5) is 0. The molecule has 5 aromatic carbocycles. The van der Waals surface area contributed by atoms with Crippen LogP contribution in [0.3, 0.4) is 0 Å². The molecule has 0 heterocycles. The Morgan fingerprint density at radius 1 is 0.333 bits per heavy atom. The van der Waals surface area contributed by atoms with Crippen LogP contribution in [0.4, 0.5) is 0 Å². The van der Waals surface area contributed by atoms with E-state index in [0.717, 1.165) is 0 Å². The molecule has 0 aromatic heterocycles. The Morgan fingerprint density at radius 2 is 0.778 bits per heavy atom. The van der Waals surface area contributed by atoms with Gasteiger partial charge < -0.3 is 0 Å². The zero-order valence-corrected chi connectivity index (χ0v) is 16.8. The zero-order chi connectivity index (χ0) is 18.1. The van der Waals surface area contributed by atoms with Crippen molar-refractivity contribution in [3.8, 4) is 0 Å². The molecular formula is C26H19As. The van der Waals surface area contributed by atoms with Crippen molar-refractivity contribution in [2.45, 2.75) is 0 Å². The van der Waals surface area contributed by atoms with Gasteiger partial charge in [-0.15, -0.1) is 0 Å². The van der Waals surface area contributed by atoms with Crippen LogP contribution in [0.25, 0.3) is 21.5 Å². The van der Waals surface area contributed by atoms with Gasteiger partial charge in [-0.1, -0.05) is 0 Å².